The van der Waals surface area contributed by atoms with Crippen LogP contribution in [-0.2, 0) is 4.79 Å². The topological polar surface area (TPSA) is 104 Å². The highest BCUT2D eigenvalue weighted by molar-refractivity contribution is 5.84. The number of hydrogen-bond acceptors (Lipinski definition) is 6. The molecule has 2 rings (SSSR count). The van der Waals surface area contributed by atoms with Gasteiger partial charge in [-0.1, -0.05) is 0 Å². The molecular weight excluding hydrogens is 322 g/mol. The first-order valence-electron chi connectivity index (χ1n) is 7.40. The normalized spacial score (nSPS) is 11.6. The zero-order valence-corrected chi connectivity index (χ0v) is 13.8. The molecule has 7 heteroatoms. The molecule has 0 fully saturated rings. The van der Waals surface area contributed by atoms with Gasteiger partial charge in [0.1, 0.15) is 5.75 Å². The van der Waals surface area contributed by atoms with Gasteiger partial charge >= 0.3 is 0 Å². The first kappa shape index (κ1) is 17.8. The smallest absolute Gasteiger partial charge is 0.280 e. The third-order valence-electron chi connectivity index (χ3n) is 3.26. The molecule has 1 unspecified atom stereocenters. The van der Waals surface area contributed by atoms with Gasteiger partial charge in [0.2, 0.25) is 0 Å². The van der Waals surface area contributed by atoms with Crippen LogP contribution in [0.3, 0.4) is 0 Å². The summed E-state index contributed by atoms with van der Waals surface area (Å²) < 4.78 is 10.4. The van der Waals surface area contributed by atoms with Crippen LogP contribution >= 0.6 is 0 Å². The van der Waals surface area contributed by atoms with E-state index in [0.717, 1.165) is 0 Å². The maximum absolute atomic E-state index is 12.0. The Hall–Kier alpha value is -3.53. The van der Waals surface area contributed by atoms with E-state index in [1.807, 2.05) is 6.07 Å². The van der Waals surface area contributed by atoms with Crippen molar-refractivity contribution in [2.24, 2.45) is 5.10 Å². The molecule has 0 heterocycles. The van der Waals surface area contributed by atoms with Crippen molar-refractivity contribution in [3.8, 4) is 23.3 Å². The number of carbonyl (C=O) groups excluding carboxylic acids is 1. The minimum Gasteiger partial charge on any atom is -0.504 e. The standard InChI is InChI=1S/C18H17N3O4/c1-12(25-15-6-3-13(10-19)4-7-15)18(23)21-20-11-14-5-8-17(24-2)16(22)9-14/h3-9,11-12,22H,1-2H3,(H,21,23). The molecule has 7 nitrogen and oxygen atoms in total. The molecule has 0 spiro atoms. The second-order valence-corrected chi connectivity index (χ2v) is 5.06. The van der Waals surface area contributed by atoms with E-state index in [1.54, 1.807) is 43.3 Å². The molecule has 1 atom stereocenters. The molecule has 2 aromatic carbocycles. The van der Waals surface area contributed by atoms with Crippen LogP contribution in [-0.4, -0.2) is 30.4 Å². The molecule has 128 valence electrons. The fourth-order valence-electron chi connectivity index (χ4n) is 1.91. The molecule has 25 heavy (non-hydrogen) atoms. The predicted molar refractivity (Wildman–Crippen MR) is 91.6 cm³/mol. The van der Waals surface area contributed by atoms with Crippen LogP contribution in [0.15, 0.2) is 47.6 Å². The van der Waals surface area contributed by atoms with Gasteiger partial charge in [0.25, 0.3) is 5.91 Å². The lowest BCUT2D eigenvalue weighted by Crippen LogP contribution is -2.33. The molecule has 0 saturated carbocycles. The Kier molecular flexibility index (Phi) is 5.96. The maximum Gasteiger partial charge on any atom is 0.280 e. The number of hydrogen-bond donors (Lipinski definition) is 2. The molecule has 0 aromatic heterocycles. The van der Waals surface area contributed by atoms with Gasteiger partial charge in [-0.15, -0.1) is 0 Å². The second kappa shape index (κ2) is 8.36. The van der Waals surface area contributed by atoms with E-state index in [0.29, 0.717) is 22.6 Å². The zero-order chi connectivity index (χ0) is 18.2. The molecule has 2 aromatic rings. The summed E-state index contributed by atoms with van der Waals surface area (Å²) in [6.45, 7) is 1.59. The van der Waals surface area contributed by atoms with E-state index in [1.165, 1.54) is 19.4 Å². The quantitative estimate of drug-likeness (QED) is 0.620. The average molecular weight is 339 g/mol. The summed E-state index contributed by atoms with van der Waals surface area (Å²) in [6.07, 6.45) is 0.625. The van der Waals surface area contributed by atoms with Crippen LogP contribution in [0.1, 0.15) is 18.1 Å². The minimum absolute atomic E-state index is 0.0182. The third kappa shape index (κ3) is 4.97. The van der Waals surface area contributed by atoms with Crippen LogP contribution in [0.2, 0.25) is 0 Å². The number of rotatable bonds is 6. The summed E-state index contributed by atoms with van der Waals surface area (Å²) in [7, 11) is 1.46. The number of methoxy groups -OCH3 is 1. The molecule has 0 aliphatic heterocycles. The minimum atomic E-state index is -0.769. The highest BCUT2D eigenvalue weighted by Gasteiger charge is 2.13. The predicted octanol–water partition coefficient (Wildman–Crippen LogP) is 2.19. The zero-order valence-electron chi connectivity index (χ0n) is 13.8. The summed E-state index contributed by atoms with van der Waals surface area (Å²) in [5.74, 6) is 0.380. The van der Waals surface area contributed by atoms with Crippen molar-refractivity contribution in [2.75, 3.05) is 7.11 Å². The molecule has 0 bridgehead atoms. The molecular formula is C18H17N3O4. The van der Waals surface area contributed by atoms with Gasteiger partial charge in [0.15, 0.2) is 17.6 Å². The Labute approximate surface area is 145 Å². The van der Waals surface area contributed by atoms with Crippen molar-refractivity contribution in [2.45, 2.75) is 13.0 Å². The summed E-state index contributed by atoms with van der Waals surface area (Å²) in [4.78, 5) is 12.0. The van der Waals surface area contributed by atoms with Crippen molar-refractivity contribution < 1.29 is 19.4 Å². The summed E-state index contributed by atoms with van der Waals surface area (Å²) >= 11 is 0. The fraction of sp³-hybridized carbons (Fsp3) is 0.167. The summed E-state index contributed by atoms with van der Waals surface area (Å²) in [5, 5.41) is 22.2. The number of amides is 1. The fourth-order valence-corrected chi connectivity index (χ4v) is 1.91. The van der Waals surface area contributed by atoms with E-state index >= 15 is 0 Å². The number of ether oxygens (including phenoxy) is 2. The number of phenolic OH excluding ortho intramolecular Hbond substituents is 1. The number of benzene rings is 2. The number of nitrogens with zero attached hydrogens (tertiary/aromatic N) is 2. The Morgan fingerprint density at radius 3 is 2.64 bits per heavy atom. The van der Waals surface area contributed by atoms with E-state index in [9.17, 15) is 9.90 Å². The van der Waals surface area contributed by atoms with Gasteiger partial charge < -0.3 is 14.6 Å². The lowest BCUT2D eigenvalue weighted by atomic mass is 10.2. The SMILES string of the molecule is COc1ccc(C=NNC(=O)C(C)Oc2ccc(C#N)cc2)cc1O. The van der Waals surface area contributed by atoms with E-state index in [-0.39, 0.29) is 5.75 Å². The monoisotopic (exact) mass is 339 g/mol. The van der Waals surface area contributed by atoms with E-state index in [2.05, 4.69) is 10.5 Å². The molecule has 0 aliphatic carbocycles. The molecule has 0 radical (unpaired) electrons. The van der Waals surface area contributed by atoms with E-state index < -0.39 is 12.0 Å². The van der Waals surface area contributed by atoms with Crippen LogP contribution in [0, 0.1) is 11.3 Å². The van der Waals surface area contributed by atoms with Crippen LogP contribution in [0.25, 0.3) is 0 Å². The summed E-state index contributed by atoms with van der Waals surface area (Å²) in [5.41, 5.74) is 3.47. The molecule has 2 N–H and O–H groups in total. The van der Waals surface area contributed by atoms with Gasteiger partial charge in [-0.3, -0.25) is 4.79 Å². The van der Waals surface area contributed by atoms with Crippen molar-refractivity contribution in [3.63, 3.8) is 0 Å². The number of hydrazone groups is 1. The largest absolute Gasteiger partial charge is 0.504 e. The van der Waals surface area contributed by atoms with Gasteiger partial charge in [-0.05, 0) is 55.0 Å². The lowest BCUT2D eigenvalue weighted by molar-refractivity contribution is -0.127. The number of nitriles is 1. The number of aromatic hydroxyl groups is 1. The first-order chi connectivity index (χ1) is 12.0. The lowest BCUT2D eigenvalue weighted by Gasteiger charge is -2.12. The number of carbonyl (C=O) groups is 1. The van der Waals surface area contributed by atoms with Gasteiger partial charge in [0, 0.05) is 0 Å². The van der Waals surface area contributed by atoms with Crippen molar-refractivity contribution in [3.05, 3.63) is 53.6 Å². The number of nitrogens with one attached hydrogen (secondary N) is 1. The number of phenols is 1. The van der Waals surface area contributed by atoms with Crippen LogP contribution < -0.4 is 14.9 Å². The highest BCUT2D eigenvalue weighted by Crippen LogP contribution is 2.25. The van der Waals surface area contributed by atoms with Crippen LogP contribution in [0.5, 0.6) is 17.2 Å². The third-order valence-corrected chi connectivity index (χ3v) is 3.26. The Morgan fingerprint density at radius 2 is 2.04 bits per heavy atom. The van der Waals surface area contributed by atoms with Crippen molar-refractivity contribution in [1.82, 2.24) is 5.43 Å². The van der Waals surface area contributed by atoms with Gasteiger partial charge in [0.05, 0.1) is 25.0 Å². The second-order valence-electron chi connectivity index (χ2n) is 5.06. The highest BCUT2D eigenvalue weighted by atomic mass is 16.5. The average Bonchev–Trinajstić information content (AvgIpc) is 2.62. The summed E-state index contributed by atoms with van der Waals surface area (Å²) in [6, 6.07) is 13.2. The van der Waals surface area contributed by atoms with Crippen molar-refractivity contribution in [1.29, 1.82) is 5.26 Å². The van der Waals surface area contributed by atoms with Crippen LogP contribution in [0.4, 0.5) is 0 Å². The Bertz CT molecular complexity index is 810. The maximum atomic E-state index is 12.0. The molecule has 0 aliphatic rings. The first-order valence-corrected chi connectivity index (χ1v) is 7.40. The van der Waals surface area contributed by atoms with Gasteiger partial charge in [-0.25, -0.2) is 5.43 Å². The molecule has 1 amide bonds. The van der Waals surface area contributed by atoms with E-state index in [4.69, 9.17) is 14.7 Å². The Balaban J connectivity index is 1.90. The van der Waals surface area contributed by atoms with Crippen molar-refractivity contribution >= 4 is 12.1 Å². The molecule has 0 saturated heterocycles. The van der Waals surface area contributed by atoms with Gasteiger partial charge in [-0.2, -0.15) is 10.4 Å². The Morgan fingerprint density at radius 1 is 1.32 bits per heavy atom.